The van der Waals surface area contributed by atoms with Crippen molar-refractivity contribution in [3.63, 3.8) is 0 Å². The minimum Gasteiger partial charge on any atom is -0.383 e. The van der Waals surface area contributed by atoms with Crippen molar-refractivity contribution < 1.29 is 9.26 Å². The lowest BCUT2D eigenvalue weighted by Crippen LogP contribution is -2.23. The fraction of sp³-hybridized carbons (Fsp3) is 0.364. The van der Waals surface area contributed by atoms with Gasteiger partial charge in [0, 0.05) is 32.0 Å². The second-order valence-electron chi connectivity index (χ2n) is 7.25. The number of pyridine rings is 1. The number of benzene rings is 1. The van der Waals surface area contributed by atoms with Gasteiger partial charge in [-0.25, -0.2) is 4.98 Å². The Balaban J connectivity index is 1.42. The number of nitrogens with one attached hydrogen (secondary N) is 1. The molecule has 0 amide bonds. The molecule has 154 valence electrons. The Bertz CT molecular complexity index is 994. The van der Waals surface area contributed by atoms with Crippen molar-refractivity contribution in [2.45, 2.75) is 25.4 Å². The smallest absolute Gasteiger partial charge is 0.244 e. The van der Waals surface area contributed by atoms with Gasteiger partial charge < -0.3 is 14.6 Å². The molecule has 1 fully saturated rings. The Morgan fingerprint density at radius 3 is 2.87 bits per heavy atom. The number of aromatic nitrogens is 3. The van der Waals surface area contributed by atoms with Gasteiger partial charge in [0.05, 0.1) is 24.3 Å². The van der Waals surface area contributed by atoms with Crippen LogP contribution in [-0.2, 0) is 11.3 Å². The number of nitriles is 1. The monoisotopic (exact) mass is 404 g/mol. The van der Waals surface area contributed by atoms with Gasteiger partial charge in [0.1, 0.15) is 5.82 Å². The first-order chi connectivity index (χ1) is 14.8. The second kappa shape index (κ2) is 9.48. The Morgan fingerprint density at radius 1 is 1.27 bits per heavy atom. The maximum Gasteiger partial charge on any atom is 0.244 e. The summed E-state index contributed by atoms with van der Waals surface area (Å²) in [6.07, 6.45) is 3.81. The number of methoxy groups -OCH3 is 1. The van der Waals surface area contributed by atoms with E-state index in [4.69, 9.17) is 14.5 Å². The highest BCUT2D eigenvalue weighted by molar-refractivity contribution is 5.55. The zero-order valence-corrected chi connectivity index (χ0v) is 16.9. The van der Waals surface area contributed by atoms with E-state index in [1.807, 2.05) is 36.4 Å². The van der Waals surface area contributed by atoms with Crippen LogP contribution < -0.4 is 5.32 Å². The molecule has 1 aliphatic heterocycles. The van der Waals surface area contributed by atoms with E-state index in [0.29, 0.717) is 30.4 Å². The van der Waals surface area contributed by atoms with Crippen LogP contribution >= 0.6 is 0 Å². The highest BCUT2D eigenvalue weighted by Gasteiger charge is 2.30. The lowest BCUT2D eigenvalue weighted by atomic mass is 10.1. The first-order valence-corrected chi connectivity index (χ1v) is 10.0. The standard InChI is InChI=1S/C22H24N6O2/c1-29-12-10-24-20-9-8-18(14-25-20)21-26-22(30-27-21)19-3-2-11-28(19)15-17-6-4-16(13-23)5-7-17/h4-9,14,19H,2-3,10-12,15H2,1H3,(H,24,25)/t19-/m1/s1. The van der Waals surface area contributed by atoms with Gasteiger partial charge in [-0.1, -0.05) is 17.3 Å². The molecule has 30 heavy (non-hydrogen) atoms. The molecule has 1 saturated heterocycles. The van der Waals surface area contributed by atoms with E-state index in [-0.39, 0.29) is 6.04 Å². The molecule has 1 aliphatic rings. The largest absolute Gasteiger partial charge is 0.383 e. The van der Waals surface area contributed by atoms with E-state index < -0.39 is 0 Å². The van der Waals surface area contributed by atoms with Crippen molar-refractivity contribution in [1.29, 1.82) is 5.26 Å². The van der Waals surface area contributed by atoms with Crippen LogP contribution in [0.5, 0.6) is 0 Å². The molecular weight excluding hydrogens is 380 g/mol. The first-order valence-electron chi connectivity index (χ1n) is 10.0. The van der Waals surface area contributed by atoms with Gasteiger partial charge >= 0.3 is 0 Å². The third-order valence-electron chi connectivity index (χ3n) is 5.19. The fourth-order valence-electron chi connectivity index (χ4n) is 3.61. The summed E-state index contributed by atoms with van der Waals surface area (Å²) in [6.45, 7) is 3.09. The molecule has 1 aromatic carbocycles. The zero-order valence-electron chi connectivity index (χ0n) is 16.9. The van der Waals surface area contributed by atoms with Crippen molar-refractivity contribution in [2.75, 3.05) is 32.1 Å². The van der Waals surface area contributed by atoms with E-state index in [1.165, 1.54) is 5.56 Å². The van der Waals surface area contributed by atoms with Crippen LogP contribution in [0.25, 0.3) is 11.4 Å². The number of rotatable bonds is 8. The highest BCUT2D eigenvalue weighted by atomic mass is 16.5. The third kappa shape index (κ3) is 4.64. The molecular formula is C22H24N6O2. The van der Waals surface area contributed by atoms with Crippen LogP contribution in [0.2, 0.25) is 0 Å². The van der Waals surface area contributed by atoms with Crippen molar-refractivity contribution in [1.82, 2.24) is 20.0 Å². The normalized spacial score (nSPS) is 16.5. The Labute approximate surface area is 175 Å². The molecule has 4 rings (SSSR count). The number of hydrogen-bond acceptors (Lipinski definition) is 8. The Morgan fingerprint density at radius 2 is 2.13 bits per heavy atom. The number of hydrogen-bond donors (Lipinski definition) is 1. The SMILES string of the molecule is COCCNc1ccc(-c2noc([C@H]3CCCN3Cc3ccc(C#N)cc3)n2)cn1. The van der Waals surface area contributed by atoms with E-state index in [2.05, 4.69) is 31.4 Å². The number of likely N-dealkylation sites (tertiary alicyclic amines) is 1. The highest BCUT2D eigenvalue weighted by Crippen LogP contribution is 2.33. The first kappa shape index (κ1) is 20.0. The molecule has 0 aliphatic carbocycles. The van der Waals surface area contributed by atoms with E-state index in [1.54, 1.807) is 13.3 Å². The van der Waals surface area contributed by atoms with Gasteiger partial charge in [0.15, 0.2) is 0 Å². The summed E-state index contributed by atoms with van der Waals surface area (Å²) in [5.74, 6) is 1.97. The number of ether oxygens (including phenoxy) is 1. The van der Waals surface area contributed by atoms with Gasteiger partial charge in [-0.05, 0) is 49.2 Å². The van der Waals surface area contributed by atoms with E-state index >= 15 is 0 Å². The molecule has 3 aromatic rings. The van der Waals surface area contributed by atoms with Gasteiger partial charge in [-0.3, -0.25) is 4.90 Å². The molecule has 3 heterocycles. The van der Waals surface area contributed by atoms with Crippen molar-refractivity contribution in [2.24, 2.45) is 0 Å². The van der Waals surface area contributed by atoms with Crippen LogP contribution in [0.15, 0.2) is 47.1 Å². The Hall–Kier alpha value is -3.28. The topological polar surface area (TPSA) is 100 Å². The number of anilines is 1. The molecule has 1 atom stereocenters. The van der Waals surface area contributed by atoms with Gasteiger partial charge in [-0.2, -0.15) is 10.2 Å². The predicted molar refractivity (Wildman–Crippen MR) is 111 cm³/mol. The molecule has 0 bridgehead atoms. The van der Waals surface area contributed by atoms with Crippen molar-refractivity contribution in [3.05, 3.63) is 59.6 Å². The average Bonchev–Trinajstić information content (AvgIpc) is 3.44. The van der Waals surface area contributed by atoms with Crippen LogP contribution in [-0.4, -0.2) is 46.8 Å². The molecule has 8 nitrogen and oxygen atoms in total. The number of nitrogens with zero attached hydrogens (tertiary/aromatic N) is 5. The minimum atomic E-state index is 0.102. The van der Waals surface area contributed by atoms with Crippen LogP contribution in [0.4, 0.5) is 5.82 Å². The summed E-state index contributed by atoms with van der Waals surface area (Å²) >= 11 is 0. The van der Waals surface area contributed by atoms with Gasteiger partial charge in [-0.15, -0.1) is 0 Å². The minimum absolute atomic E-state index is 0.102. The van der Waals surface area contributed by atoms with Crippen molar-refractivity contribution >= 4 is 5.82 Å². The summed E-state index contributed by atoms with van der Waals surface area (Å²) < 4.78 is 10.6. The lowest BCUT2D eigenvalue weighted by molar-refractivity contribution is 0.201. The van der Waals surface area contributed by atoms with Crippen LogP contribution in [0.3, 0.4) is 0 Å². The molecule has 8 heteroatoms. The zero-order chi connectivity index (χ0) is 20.8. The molecule has 0 saturated carbocycles. The lowest BCUT2D eigenvalue weighted by Gasteiger charge is -2.21. The van der Waals surface area contributed by atoms with E-state index in [0.717, 1.165) is 37.3 Å². The van der Waals surface area contributed by atoms with Gasteiger partial charge in [0.2, 0.25) is 11.7 Å². The van der Waals surface area contributed by atoms with E-state index in [9.17, 15) is 0 Å². The molecule has 1 N–H and O–H groups in total. The summed E-state index contributed by atoms with van der Waals surface area (Å²) in [5.41, 5.74) is 2.66. The third-order valence-corrected chi connectivity index (χ3v) is 5.19. The van der Waals surface area contributed by atoms with Gasteiger partial charge in [0.25, 0.3) is 0 Å². The summed E-state index contributed by atoms with van der Waals surface area (Å²) in [7, 11) is 1.67. The quantitative estimate of drug-likeness (QED) is 0.570. The maximum atomic E-state index is 8.96. The summed E-state index contributed by atoms with van der Waals surface area (Å²) in [6, 6.07) is 13.8. The van der Waals surface area contributed by atoms with Crippen LogP contribution in [0.1, 0.15) is 35.9 Å². The maximum absolute atomic E-state index is 8.96. The molecule has 0 unspecified atom stereocenters. The molecule has 0 spiro atoms. The summed E-state index contributed by atoms with van der Waals surface area (Å²) in [4.78, 5) is 11.4. The summed E-state index contributed by atoms with van der Waals surface area (Å²) in [5, 5.41) is 16.3. The average molecular weight is 404 g/mol. The second-order valence-corrected chi connectivity index (χ2v) is 7.25. The molecule has 2 aromatic heterocycles. The Kier molecular flexibility index (Phi) is 6.32. The van der Waals surface area contributed by atoms with Crippen LogP contribution in [0, 0.1) is 11.3 Å². The fourth-order valence-corrected chi connectivity index (χ4v) is 3.61. The molecule has 0 radical (unpaired) electrons. The van der Waals surface area contributed by atoms with Crippen molar-refractivity contribution in [3.8, 4) is 17.5 Å². The predicted octanol–water partition coefficient (Wildman–Crippen LogP) is 3.40.